The number of thiazole rings is 2. The Bertz CT molecular complexity index is 1200. The van der Waals surface area contributed by atoms with Gasteiger partial charge in [-0.05, 0) is 19.3 Å². The molecule has 0 saturated heterocycles. The number of aliphatic hydroxyl groups is 2. The van der Waals surface area contributed by atoms with Gasteiger partial charge in [-0.1, -0.05) is 44.2 Å². The lowest BCUT2D eigenvalue weighted by molar-refractivity contribution is -0.126. The zero-order valence-electron chi connectivity index (χ0n) is 20.8. The summed E-state index contributed by atoms with van der Waals surface area (Å²) in [5.41, 5.74) is 1.25. The van der Waals surface area contributed by atoms with Crippen LogP contribution in [-0.4, -0.2) is 63.2 Å². The molecule has 0 radical (unpaired) electrons. The molecule has 3 rings (SSSR count). The number of aliphatic hydroxyl groups excluding tert-OH is 2. The lowest BCUT2D eigenvalue weighted by atomic mass is 10.0. The van der Waals surface area contributed by atoms with Crippen molar-refractivity contribution in [3.05, 3.63) is 57.5 Å². The number of nitrogens with one attached hydrogen (secondary N) is 3. The monoisotopic (exact) mass is 545 g/mol. The first-order valence-corrected chi connectivity index (χ1v) is 13.6. The molecule has 37 heavy (non-hydrogen) atoms. The third-order valence-corrected chi connectivity index (χ3v) is 7.23. The molecule has 0 aliphatic heterocycles. The molecule has 1 aromatic carbocycles. The molecule has 0 saturated carbocycles. The van der Waals surface area contributed by atoms with Gasteiger partial charge < -0.3 is 26.2 Å². The van der Waals surface area contributed by atoms with Crippen LogP contribution in [0.3, 0.4) is 0 Å². The van der Waals surface area contributed by atoms with E-state index in [4.69, 9.17) is 5.11 Å². The van der Waals surface area contributed by atoms with Crippen LogP contribution in [0.25, 0.3) is 10.6 Å². The van der Waals surface area contributed by atoms with E-state index in [0.29, 0.717) is 23.0 Å². The smallest absolute Gasteiger partial charge is 0.271 e. The molecule has 0 spiro atoms. The van der Waals surface area contributed by atoms with E-state index < -0.39 is 30.0 Å². The van der Waals surface area contributed by atoms with Crippen LogP contribution in [0.4, 0.5) is 0 Å². The van der Waals surface area contributed by atoms with Crippen molar-refractivity contribution in [2.75, 3.05) is 13.2 Å². The van der Waals surface area contributed by atoms with Crippen LogP contribution < -0.4 is 16.0 Å². The van der Waals surface area contributed by atoms with Gasteiger partial charge in [-0.3, -0.25) is 14.4 Å². The molecule has 3 atom stereocenters. The van der Waals surface area contributed by atoms with Crippen LogP contribution in [0.2, 0.25) is 0 Å². The normalized spacial score (nSPS) is 13.6. The highest BCUT2D eigenvalue weighted by Crippen LogP contribution is 2.26. The molecular formula is C25H31N5O5S2. The molecule has 0 aliphatic rings. The molecule has 3 aromatic rings. The number of hydrogen-bond donors (Lipinski definition) is 5. The second kappa shape index (κ2) is 13.4. The summed E-state index contributed by atoms with van der Waals surface area (Å²) >= 11 is 2.54. The predicted octanol–water partition coefficient (Wildman–Crippen LogP) is 2.37. The Balaban J connectivity index is 1.69. The summed E-state index contributed by atoms with van der Waals surface area (Å²) in [7, 11) is 0. The Kier molecular flexibility index (Phi) is 10.3. The van der Waals surface area contributed by atoms with Crippen molar-refractivity contribution in [3.8, 4) is 10.6 Å². The first kappa shape index (κ1) is 28.4. The van der Waals surface area contributed by atoms with Gasteiger partial charge in [0, 0.05) is 29.5 Å². The Morgan fingerprint density at radius 1 is 0.946 bits per heavy atom. The molecule has 2 aromatic heterocycles. The molecule has 0 unspecified atom stereocenters. The van der Waals surface area contributed by atoms with Gasteiger partial charge in [0.2, 0.25) is 5.91 Å². The number of hydrogen-bond acceptors (Lipinski definition) is 9. The Hall–Kier alpha value is -3.19. The first-order chi connectivity index (χ1) is 17.7. The van der Waals surface area contributed by atoms with Crippen LogP contribution in [0.1, 0.15) is 59.2 Å². The Morgan fingerprint density at radius 3 is 2.27 bits per heavy atom. The molecule has 10 nitrogen and oxygen atoms in total. The van der Waals surface area contributed by atoms with E-state index >= 15 is 0 Å². The molecule has 12 heteroatoms. The van der Waals surface area contributed by atoms with E-state index in [1.807, 2.05) is 44.2 Å². The molecule has 198 valence electrons. The molecule has 0 bridgehead atoms. The highest BCUT2D eigenvalue weighted by molar-refractivity contribution is 7.13. The summed E-state index contributed by atoms with van der Waals surface area (Å²) in [6, 6.07) is 7.66. The fourth-order valence-corrected chi connectivity index (χ4v) is 5.20. The van der Waals surface area contributed by atoms with Crippen LogP contribution in [0, 0.1) is 5.92 Å². The number of carbonyl (C=O) groups is 3. The molecule has 3 amide bonds. The minimum Gasteiger partial charge on any atom is -0.396 e. The summed E-state index contributed by atoms with van der Waals surface area (Å²) in [4.78, 5) is 47.0. The number of amides is 3. The average molecular weight is 546 g/mol. The number of nitrogens with zero attached hydrogens (tertiary/aromatic N) is 2. The maximum Gasteiger partial charge on any atom is 0.271 e. The number of benzene rings is 1. The maximum absolute atomic E-state index is 13.2. The van der Waals surface area contributed by atoms with E-state index in [1.54, 1.807) is 10.8 Å². The van der Waals surface area contributed by atoms with Gasteiger partial charge in [-0.2, -0.15) is 0 Å². The zero-order chi connectivity index (χ0) is 26.9. The number of rotatable bonds is 12. The lowest BCUT2D eigenvalue weighted by Crippen LogP contribution is -2.53. The van der Waals surface area contributed by atoms with Crippen molar-refractivity contribution in [2.45, 2.75) is 45.4 Å². The summed E-state index contributed by atoms with van der Waals surface area (Å²) in [5, 5.41) is 31.7. The topological polar surface area (TPSA) is 154 Å². The first-order valence-electron chi connectivity index (χ1n) is 11.9. The predicted molar refractivity (Wildman–Crippen MR) is 142 cm³/mol. The van der Waals surface area contributed by atoms with Gasteiger partial charge >= 0.3 is 0 Å². The standard InChI is InChI=1S/C25H31N5O5S2/c1-14(2)19(25-28-17(12-37-25)21(33)26-10-7-11-31)29-23(35)20(15(3)32)30-22(34)18-13-36-24(27-18)16-8-5-4-6-9-16/h4-6,8-9,12-15,19-20,31-32H,7,10-11H2,1-3H3,(H,26,33)(H,29,35)(H,30,34)/t15-,19-,20+/m1/s1. The van der Waals surface area contributed by atoms with Crippen LogP contribution in [0.5, 0.6) is 0 Å². The van der Waals surface area contributed by atoms with E-state index in [0.717, 1.165) is 5.56 Å². The van der Waals surface area contributed by atoms with Crippen molar-refractivity contribution in [2.24, 2.45) is 5.92 Å². The van der Waals surface area contributed by atoms with Gasteiger partial charge in [-0.15, -0.1) is 22.7 Å². The largest absolute Gasteiger partial charge is 0.396 e. The molecule has 2 heterocycles. The third-order valence-electron chi connectivity index (χ3n) is 5.41. The van der Waals surface area contributed by atoms with Gasteiger partial charge in [0.1, 0.15) is 27.4 Å². The fourth-order valence-electron chi connectivity index (χ4n) is 3.37. The highest BCUT2D eigenvalue weighted by atomic mass is 32.1. The molecular weight excluding hydrogens is 514 g/mol. The van der Waals surface area contributed by atoms with E-state index in [-0.39, 0.29) is 29.8 Å². The quantitative estimate of drug-likeness (QED) is 0.219. The maximum atomic E-state index is 13.2. The second-order valence-electron chi connectivity index (χ2n) is 8.73. The lowest BCUT2D eigenvalue weighted by Gasteiger charge is -2.25. The Labute approximate surface area is 223 Å². The zero-order valence-corrected chi connectivity index (χ0v) is 22.4. The minimum absolute atomic E-state index is 0.0261. The van der Waals surface area contributed by atoms with Gasteiger partial charge in [-0.25, -0.2) is 9.97 Å². The van der Waals surface area contributed by atoms with E-state index in [9.17, 15) is 19.5 Å². The molecule has 0 fully saturated rings. The van der Waals surface area contributed by atoms with E-state index in [2.05, 4.69) is 25.9 Å². The van der Waals surface area contributed by atoms with Crippen molar-refractivity contribution in [3.63, 3.8) is 0 Å². The van der Waals surface area contributed by atoms with Gasteiger partial charge in [0.25, 0.3) is 11.8 Å². The fraction of sp³-hybridized carbons (Fsp3) is 0.400. The highest BCUT2D eigenvalue weighted by Gasteiger charge is 2.31. The van der Waals surface area contributed by atoms with Crippen LogP contribution in [-0.2, 0) is 4.79 Å². The number of carbonyl (C=O) groups excluding carboxylic acids is 3. The summed E-state index contributed by atoms with van der Waals surface area (Å²) < 4.78 is 0. The summed E-state index contributed by atoms with van der Waals surface area (Å²) in [6.45, 7) is 5.51. The van der Waals surface area contributed by atoms with Gasteiger partial charge in [0.05, 0.1) is 12.1 Å². The van der Waals surface area contributed by atoms with Crippen LogP contribution in [0.15, 0.2) is 41.1 Å². The van der Waals surface area contributed by atoms with Gasteiger partial charge in [0.15, 0.2) is 0 Å². The van der Waals surface area contributed by atoms with E-state index in [1.165, 1.54) is 29.6 Å². The summed E-state index contributed by atoms with van der Waals surface area (Å²) in [6.07, 6.45) is -0.734. The third kappa shape index (κ3) is 7.65. The summed E-state index contributed by atoms with van der Waals surface area (Å²) in [5.74, 6) is -1.60. The van der Waals surface area contributed by atoms with Crippen molar-refractivity contribution < 1.29 is 24.6 Å². The van der Waals surface area contributed by atoms with Crippen molar-refractivity contribution >= 4 is 40.4 Å². The number of aromatic nitrogens is 2. The second-order valence-corrected chi connectivity index (χ2v) is 10.5. The molecule has 0 aliphatic carbocycles. The van der Waals surface area contributed by atoms with Crippen LogP contribution >= 0.6 is 22.7 Å². The van der Waals surface area contributed by atoms with Crippen molar-refractivity contribution in [1.82, 2.24) is 25.9 Å². The Morgan fingerprint density at radius 2 is 1.62 bits per heavy atom. The SMILES string of the molecule is CC(C)[C@@H](NC(=O)[C@@H](NC(=O)c1csc(-c2ccccc2)n1)[C@@H](C)O)c1nc(C(=O)NCCCO)cs1. The van der Waals surface area contributed by atoms with Crippen molar-refractivity contribution in [1.29, 1.82) is 0 Å². The average Bonchev–Trinajstić information content (AvgIpc) is 3.56. The minimum atomic E-state index is -1.23. The molecule has 5 N–H and O–H groups in total.